The van der Waals surface area contributed by atoms with Crippen molar-refractivity contribution < 1.29 is 14.3 Å². The van der Waals surface area contributed by atoms with Crippen LogP contribution in [0.25, 0.3) is 0 Å². The summed E-state index contributed by atoms with van der Waals surface area (Å²) in [6, 6.07) is 3.82. The highest BCUT2D eigenvalue weighted by molar-refractivity contribution is 5.97. The molecular formula is C16H24N4O3. The first-order chi connectivity index (χ1) is 11.2. The van der Waals surface area contributed by atoms with Crippen LogP contribution in [0, 0.1) is 0 Å². The van der Waals surface area contributed by atoms with Gasteiger partial charge in [0.25, 0.3) is 5.91 Å². The Balaban J connectivity index is 1.64. The molecule has 1 aromatic heterocycles. The Morgan fingerprint density at radius 1 is 1.35 bits per heavy atom. The lowest BCUT2D eigenvalue weighted by Gasteiger charge is -2.34. The molecule has 3 heterocycles. The van der Waals surface area contributed by atoms with Crippen molar-refractivity contribution in [2.45, 2.75) is 18.4 Å². The number of pyridine rings is 1. The Bertz CT molecular complexity index is 523. The van der Waals surface area contributed by atoms with Gasteiger partial charge in [-0.15, -0.1) is 0 Å². The predicted molar refractivity (Wildman–Crippen MR) is 87.7 cm³/mol. The zero-order valence-electron chi connectivity index (χ0n) is 13.5. The molecule has 0 aromatic carbocycles. The quantitative estimate of drug-likeness (QED) is 0.847. The maximum Gasteiger partial charge on any atom is 0.256 e. The highest BCUT2D eigenvalue weighted by Gasteiger charge is 2.39. The Labute approximate surface area is 136 Å². The normalized spacial score (nSPS) is 21.0. The number of rotatable bonds is 4. The largest absolute Gasteiger partial charge is 0.378 e. The second-order valence-electron chi connectivity index (χ2n) is 5.91. The number of piperidine rings is 1. The highest BCUT2D eigenvalue weighted by atomic mass is 16.5. The fourth-order valence-corrected chi connectivity index (χ4v) is 3.04. The molecule has 0 spiro atoms. The van der Waals surface area contributed by atoms with Gasteiger partial charge in [0, 0.05) is 20.2 Å². The van der Waals surface area contributed by atoms with Crippen LogP contribution in [0.5, 0.6) is 0 Å². The molecule has 0 saturated carbocycles. The first kappa shape index (κ1) is 16.2. The number of nitrogens with one attached hydrogen (secondary N) is 2. The number of hydrogen-bond donors (Lipinski definition) is 2. The van der Waals surface area contributed by atoms with Gasteiger partial charge in [-0.3, -0.25) is 4.79 Å². The van der Waals surface area contributed by atoms with Gasteiger partial charge in [-0.1, -0.05) is 0 Å². The summed E-state index contributed by atoms with van der Waals surface area (Å²) in [5.74, 6) is 0.817. The Kier molecular flexibility index (Phi) is 5.09. The van der Waals surface area contributed by atoms with Crippen molar-refractivity contribution in [3.8, 4) is 0 Å². The lowest BCUT2D eigenvalue weighted by atomic mass is 9.91. The summed E-state index contributed by atoms with van der Waals surface area (Å²) in [5, 5.41) is 6.18. The maximum atomic E-state index is 12.6. The van der Waals surface area contributed by atoms with E-state index in [1.165, 1.54) is 0 Å². The summed E-state index contributed by atoms with van der Waals surface area (Å²) < 4.78 is 10.9. The summed E-state index contributed by atoms with van der Waals surface area (Å²) in [4.78, 5) is 19.2. The molecule has 2 fully saturated rings. The number of amides is 1. The zero-order chi connectivity index (χ0) is 16.1. The minimum Gasteiger partial charge on any atom is -0.378 e. The highest BCUT2D eigenvalue weighted by Crippen LogP contribution is 2.25. The number of carbonyl (C=O) groups is 1. The predicted octanol–water partition coefficient (Wildman–Crippen LogP) is 0.625. The van der Waals surface area contributed by atoms with Gasteiger partial charge >= 0.3 is 0 Å². The summed E-state index contributed by atoms with van der Waals surface area (Å²) in [6.45, 7) is 4.72. The van der Waals surface area contributed by atoms with Gasteiger partial charge in [0.05, 0.1) is 25.1 Å². The molecule has 7 nitrogen and oxygen atoms in total. The minimum absolute atomic E-state index is 0.0950. The van der Waals surface area contributed by atoms with Crippen molar-refractivity contribution >= 4 is 17.4 Å². The number of morpholine rings is 1. The van der Waals surface area contributed by atoms with E-state index in [-0.39, 0.29) is 5.91 Å². The van der Waals surface area contributed by atoms with E-state index in [9.17, 15) is 4.79 Å². The molecule has 7 heteroatoms. The van der Waals surface area contributed by atoms with E-state index in [1.807, 2.05) is 12.1 Å². The Hall–Kier alpha value is -1.70. The standard InChI is InChI=1S/C16H24N4O3/c1-22-16(4-6-17-7-5-16)15(21)19-13-2-3-14(18-12-13)20-8-10-23-11-9-20/h2-3,12,17H,4-11H2,1H3,(H,19,21). The Morgan fingerprint density at radius 3 is 2.70 bits per heavy atom. The summed E-state index contributed by atoms with van der Waals surface area (Å²) >= 11 is 0. The third-order valence-electron chi connectivity index (χ3n) is 4.56. The van der Waals surface area contributed by atoms with E-state index in [2.05, 4.69) is 20.5 Å². The van der Waals surface area contributed by atoms with Crippen LogP contribution in [0.1, 0.15) is 12.8 Å². The monoisotopic (exact) mass is 320 g/mol. The van der Waals surface area contributed by atoms with Crippen LogP contribution >= 0.6 is 0 Å². The van der Waals surface area contributed by atoms with E-state index in [0.29, 0.717) is 18.5 Å². The van der Waals surface area contributed by atoms with E-state index in [4.69, 9.17) is 9.47 Å². The molecule has 3 rings (SSSR count). The third kappa shape index (κ3) is 3.63. The molecule has 2 N–H and O–H groups in total. The van der Waals surface area contributed by atoms with Gasteiger partial charge in [0.1, 0.15) is 11.4 Å². The molecule has 0 radical (unpaired) electrons. The number of hydrogen-bond acceptors (Lipinski definition) is 6. The van der Waals surface area contributed by atoms with Crippen LogP contribution in [0.4, 0.5) is 11.5 Å². The molecule has 2 aliphatic heterocycles. The average Bonchev–Trinajstić information content (AvgIpc) is 2.63. The van der Waals surface area contributed by atoms with Crippen LogP contribution in [-0.4, -0.2) is 63.0 Å². The molecule has 2 aliphatic rings. The topological polar surface area (TPSA) is 75.7 Å². The number of aromatic nitrogens is 1. The first-order valence-electron chi connectivity index (χ1n) is 8.10. The van der Waals surface area contributed by atoms with E-state index in [1.54, 1.807) is 13.3 Å². The van der Waals surface area contributed by atoms with Gasteiger partial charge in [-0.05, 0) is 38.1 Å². The zero-order valence-corrected chi connectivity index (χ0v) is 13.5. The average molecular weight is 320 g/mol. The first-order valence-corrected chi connectivity index (χ1v) is 8.10. The third-order valence-corrected chi connectivity index (χ3v) is 4.56. The molecule has 1 amide bonds. The van der Waals surface area contributed by atoms with Crippen LogP contribution < -0.4 is 15.5 Å². The van der Waals surface area contributed by atoms with Crippen molar-refractivity contribution in [2.24, 2.45) is 0 Å². The van der Waals surface area contributed by atoms with Crippen molar-refractivity contribution in [1.29, 1.82) is 0 Å². The van der Waals surface area contributed by atoms with E-state index < -0.39 is 5.60 Å². The number of methoxy groups -OCH3 is 1. The van der Waals surface area contributed by atoms with E-state index >= 15 is 0 Å². The SMILES string of the molecule is COC1(C(=O)Nc2ccc(N3CCOCC3)nc2)CCNCC1. The molecule has 0 bridgehead atoms. The molecule has 0 unspecified atom stereocenters. The van der Waals surface area contributed by atoms with E-state index in [0.717, 1.165) is 45.2 Å². The van der Waals surface area contributed by atoms with Crippen molar-refractivity contribution in [2.75, 3.05) is 56.7 Å². The molecule has 23 heavy (non-hydrogen) atoms. The minimum atomic E-state index is -0.742. The summed E-state index contributed by atoms with van der Waals surface area (Å²) in [5.41, 5.74) is -0.0457. The fraction of sp³-hybridized carbons (Fsp3) is 0.625. The maximum absolute atomic E-state index is 12.6. The smallest absolute Gasteiger partial charge is 0.256 e. The number of nitrogens with zero attached hydrogens (tertiary/aromatic N) is 2. The molecule has 0 atom stereocenters. The van der Waals surface area contributed by atoms with Crippen LogP contribution in [0.15, 0.2) is 18.3 Å². The van der Waals surface area contributed by atoms with Crippen molar-refractivity contribution in [3.05, 3.63) is 18.3 Å². The van der Waals surface area contributed by atoms with Crippen molar-refractivity contribution in [3.63, 3.8) is 0 Å². The molecule has 126 valence electrons. The van der Waals surface area contributed by atoms with Gasteiger partial charge in [0.2, 0.25) is 0 Å². The lowest BCUT2D eigenvalue weighted by molar-refractivity contribution is -0.140. The number of anilines is 2. The lowest BCUT2D eigenvalue weighted by Crippen LogP contribution is -2.51. The second-order valence-corrected chi connectivity index (χ2v) is 5.91. The fourth-order valence-electron chi connectivity index (χ4n) is 3.04. The van der Waals surface area contributed by atoms with Crippen LogP contribution in [0.2, 0.25) is 0 Å². The molecular weight excluding hydrogens is 296 g/mol. The number of ether oxygens (including phenoxy) is 2. The molecule has 2 saturated heterocycles. The van der Waals surface area contributed by atoms with Crippen LogP contribution in [0.3, 0.4) is 0 Å². The second kappa shape index (κ2) is 7.25. The molecule has 1 aromatic rings. The Morgan fingerprint density at radius 2 is 2.09 bits per heavy atom. The van der Waals surface area contributed by atoms with Gasteiger partial charge in [0.15, 0.2) is 0 Å². The number of carbonyl (C=O) groups excluding carboxylic acids is 1. The van der Waals surface area contributed by atoms with Crippen LogP contribution in [-0.2, 0) is 14.3 Å². The summed E-state index contributed by atoms with van der Waals surface area (Å²) in [7, 11) is 1.60. The van der Waals surface area contributed by atoms with Gasteiger partial charge in [-0.25, -0.2) is 4.98 Å². The van der Waals surface area contributed by atoms with Gasteiger partial charge < -0.3 is 25.0 Å². The molecule has 0 aliphatic carbocycles. The van der Waals surface area contributed by atoms with Crippen molar-refractivity contribution in [1.82, 2.24) is 10.3 Å². The van der Waals surface area contributed by atoms with Gasteiger partial charge in [-0.2, -0.15) is 0 Å². The summed E-state index contributed by atoms with van der Waals surface area (Å²) in [6.07, 6.45) is 3.05.